The molecule has 7 heteroatoms. The van der Waals surface area contributed by atoms with E-state index in [1.165, 1.54) is 12.5 Å². The monoisotopic (exact) mass is 343 g/mol. The highest BCUT2D eigenvalue weighted by atomic mass is 35.5. The number of aromatic amines is 1. The van der Waals surface area contributed by atoms with Crippen molar-refractivity contribution in [3.8, 4) is 11.4 Å². The molecule has 2 aromatic heterocycles. The second-order valence-corrected chi connectivity index (χ2v) is 5.56. The molecule has 0 aliphatic heterocycles. The topological polar surface area (TPSA) is 88.0 Å². The zero-order valence-corrected chi connectivity index (χ0v) is 13.3. The van der Waals surface area contributed by atoms with Crippen LogP contribution in [0.1, 0.15) is 11.3 Å². The molecule has 6 nitrogen and oxygen atoms in total. The normalized spacial score (nSPS) is 10.5. The smallest absolute Gasteiger partial charge is 0.254 e. The Balaban J connectivity index is 1.67. The zero-order valence-electron chi connectivity index (χ0n) is 12.6. The number of H-pyrrole nitrogens is 1. The second-order valence-electron chi connectivity index (χ2n) is 5.13. The predicted molar refractivity (Wildman–Crippen MR) is 89.6 cm³/mol. The average Bonchev–Trinajstić information content (AvgIpc) is 3.09. The van der Waals surface area contributed by atoms with Gasteiger partial charge in [-0.15, -0.1) is 0 Å². The second kappa shape index (κ2) is 7.14. The molecule has 0 spiro atoms. The van der Waals surface area contributed by atoms with E-state index in [1.54, 1.807) is 36.4 Å². The summed E-state index contributed by atoms with van der Waals surface area (Å²) in [6.45, 7) is 0.278. The number of carbonyl (C=O) groups excluding carboxylic acids is 1. The van der Waals surface area contributed by atoms with Crippen LogP contribution in [0.25, 0.3) is 11.4 Å². The summed E-state index contributed by atoms with van der Waals surface area (Å²) in [7, 11) is 0. The Morgan fingerprint density at radius 2 is 2.04 bits per heavy atom. The largest absolute Gasteiger partial charge is 0.467 e. The maximum Gasteiger partial charge on any atom is 0.254 e. The van der Waals surface area contributed by atoms with Gasteiger partial charge in [0.1, 0.15) is 11.6 Å². The Bertz CT molecular complexity index is 886. The third kappa shape index (κ3) is 3.91. The van der Waals surface area contributed by atoms with Crippen molar-refractivity contribution in [2.24, 2.45) is 0 Å². The number of amides is 1. The standard InChI is InChI=1S/C17H14ClN3O3/c18-13-5-3-11(4-6-13)16-20-9-12(17(23)21-16)8-15(22)19-10-14-2-1-7-24-14/h1-7,9H,8,10H2,(H,19,22)(H,20,21,23). The molecule has 1 aromatic carbocycles. The fraction of sp³-hybridized carbons (Fsp3) is 0.118. The van der Waals surface area contributed by atoms with Crippen LogP contribution in [0, 0.1) is 0 Å². The lowest BCUT2D eigenvalue weighted by molar-refractivity contribution is -0.120. The van der Waals surface area contributed by atoms with Gasteiger partial charge in [0.05, 0.1) is 19.2 Å². The fourth-order valence-corrected chi connectivity index (χ4v) is 2.26. The SMILES string of the molecule is O=C(Cc1cnc(-c2ccc(Cl)cc2)[nH]c1=O)NCc1ccco1. The van der Waals surface area contributed by atoms with Crippen LogP contribution < -0.4 is 10.9 Å². The van der Waals surface area contributed by atoms with E-state index < -0.39 is 0 Å². The van der Waals surface area contributed by atoms with Crippen LogP contribution >= 0.6 is 11.6 Å². The molecule has 0 radical (unpaired) electrons. The van der Waals surface area contributed by atoms with Crippen molar-refractivity contribution >= 4 is 17.5 Å². The summed E-state index contributed by atoms with van der Waals surface area (Å²) in [5, 5.41) is 3.29. The molecule has 2 heterocycles. The number of halogens is 1. The van der Waals surface area contributed by atoms with Crippen LogP contribution in [0.2, 0.25) is 5.02 Å². The molecule has 1 amide bonds. The van der Waals surface area contributed by atoms with E-state index in [-0.39, 0.29) is 24.4 Å². The molecule has 0 aliphatic rings. The number of furan rings is 1. The zero-order chi connectivity index (χ0) is 16.9. The molecule has 2 N–H and O–H groups in total. The van der Waals surface area contributed by atoms with Gasteiger partial charge < -0.3 is 14.7 Å². The molecule has 3 aromatic rings. The first-order valence-corrected chi connectivity index (χ1v) is 7.63. The van der Waals surface area contributed by atoms with Crippen molar-refractivity contribution < 1.29 is 9.21 Å². The first kappa shape index (κ1) is 16.0. The molecule has 122 valence electrons. The van der Waals surface area contributed by atoms with E-state index >= 15 is 0 Å². The highest BCUT2D eigenvalue weighted by Crippen LogP contribution is 2.16. The summed E-state index contributed by atoms with van der Waals surface area (Å²) in [6, 6.07) is 10.5. The molecule has 0 unspecified atom stereocenters. The molecule has 0 fully saturated rings. The van der Waals surface area contributed by atoms with Gasteiger partial charge in [-0.3, -0.25) is 9.59 Å². The van der Waals surface area contributed by atoms with Crippen LogP contribution in [0.3, 0.4) is 0 Å². The average molecular weight is 344 g/mol. The molecule has 24 heavy (non-hydrogen) atoms. The van der Waals surface area contributed by atoms with E-state index in [9.17, 15) is 9.59 Å². The van der Waals surface area contributed by atoms with Gasteiger partial charge >= 0.3 is 0 Å². The first-order chi connectivity index (χ1) is 11.6. The fourth-order valence-electron chi connectivity index (χ4n) is 2.14. The third-order valence-electron chi connectivity index (χ3n) is 3.38. The third-order valence-corrected chi connectivity index (χ3v) is 3.63. The molecule has 0 bridgehead atoms. The summed E-state index contributed by atoms with van der Waals surface area (Å²) in [6.07, 6.45) is 2.89. The van der Waals surface area contributed by atoms with Crippen molar-refractivity contribution in [3.05, 3.63) is 75.6 Å². The summed E-state index contributed by atoms with van der Waals surface area (Å²) >= 11 is 5.84. The van der Waals surface area contributed by atoms with E-state index in [1.807, 2.05) is 0 Å². The number of rotatable bonds is 5. The quantitative estimate of drug-likeness (QED) is 0.745. The van der Waals surface area contributed by atoms with Crippen molar-refractivity contribution in [1.29, 1.82) is 0 Å². The van der Waals surface area contributed by atoms with Gasteiger partial charge in [-0.25, -0.2) is 4.98 Å². The molecule has 0 saturated carbocycles. The maximum absolute atomic E-state index is 12.1. The Labute approximate surface area is 142 Å². The number of hydrogen-bond acceptors (Lipinski definition) is 4. The van der Waals surface area contributed by atoms with Gasteiger partial charge in [0, 0.05) is 22.3 Å². The molecule has 0 aliphatic carbocycles. The number of nitrogens with one attached hydrogen (secondary N) is 2. The van der Waals surface area contributed by atoms with Gasteiger partial charge in [0.15, 0.2) is 0 Å². The van der Waals surface area contributed by atoms with Crippen molar-refractivity contribution in [2.75, 3.05) is 0 Å². The van der Waals surface area contributed by atoms with Crippen LogP contribution in [0.5, 0.6) is 0 Å². The predicted octanol–water partition coefficient (Wildman–Crippen LogP) is 2.54. The first-order valence-electron chi connectivity index (χ1n) is 7.25. The summed E-state index contributed by atoms with van der Waals surface area (Å²) in [5.41, 5.74) is 0.693. The minimum Gasteiger partial charge on any atom is -0.467 e. The molecule has 0 saturated heterocycles. The summed E-state index contributed by atoms with van der Waals surface area (Å²) in [5.74, 6) is 0.794. The minimum atomic E-state index is -0.344. The highest BCUT2D eigenvalue weighted by Gasteiger charge is 2.10. The maximum atomic E-state index is 12.1. The molecular formula is C17H14ClN3O3. The van der Waals surface area contributed by atoms with E-state index in [0.29, 0.717) is 22.2 Å². The van der Waals surface area contributed by atoms with E-state index in [0.717, 1.165) is 5.56 Å². The number of aromatic nitrogens is 2. The van der Waals surface area contributed by atoms with Gasteiger partial charge in [-0.2, -0.15) is 0 Å². The Hall–Kier alpha value is -2.86. The lowest BCUT2D eigenvalue weighted by Crippen LogP contribution is -2.27. The molecule has 3 rings (SSSR count). The van der Waals surface area contributed by atoms with Gasteiger partial charge in [-0.1, -0.05) is 11.6 Å². The van der Waals surface area contributed by atoms with Crippen molar-refractivity contribution in [3.63, 3.8) is 0 Å². The number of hydrogen-bond donors (Lipinski definition) is 2. The highest BCUT2D eigenvalue weighted by molar-refractivity contribution is 6.30. The Kier molecular flexibility index (Phi) is 4.77. The Morgan fingerprint density at radius 3 is 2.71 bits per heavy atom. The van der Waals surface area contributed by atoms with Crippen LogP contribution in [-0.4, -0.2) is 15.9 Å². The van der Waals surface area contributed by atoms with Gasteiger partial charge in [0.2, 0.25) is 5.91 Å². The summed E-state index contributed by atoms with van der Waals surface area (Å²) < 4.78 is 5.13. The number of carbonyl (C=O) groups is 1. The van der Waals surface area contributed by atoms with Crippen LogP contribution in [-0.2, 0) is 17.8 Å². The summed E-state index contributed by atoms with van der Waals surface area (Å²) in [4.78, 5) is 30.9. The van der Waals surface area contributed by atoms with E-state index in [4.69, 9.17) is 16.0 Å². The van der Waals surface area contributed by atoms with Crippen molar-refractivity contribution in [2.45, 2.75) is 13.0 Å². The molecule has 0 atom stereocenters. The number of nitrogens with zero attached hydrogens (tertiary/aromatic N) is 1. The lowest BCUT2D eigenvalue weighted by atomic mass is 10.2. The van der Waals surface area contributed by atoms with Gasteiger partial charge in [0.25, 0.3) is 5.56 Å². The minimum absolute atomic E-state index is 0.0516. The van der Waals surface area contributed by atoms with Crippen LogP contribution in [0.4, 0.5) is 0 Å². The van der Waals surface area contributed by atoms with Crippen molar-refractivity contribution in [1.82, 2.24) is 15.3 Å². The lowest BCUT2D eigenvalue weighted by Gasteiger charge is -2.05. The Morgan fingerprint density at radius 1 is 1.25 bits per heavy atom. The molecular weight excluding hydrogens is 330 g/mol. The van der Waals surface area contributed by atoms with Crippen LogP contribution in [0.15, 0.2) is 58.1 Å². The van der Waals surface area contributed by atoms with E-state index in [2.05, 4.69) is 15.3 Å². The number of benzene rings is 1. The van der Waals surface area contributed by atoms with Gasteiger partial charge in [-0.05, 0) is 36.4 Å².